The molecule has 7 nitrogen and oxygen atoms in total. The molecule has 22 heavy (non-hydrogen) atoms. The van der Waals surface area contributed by atoms with E-state index >= 15 is 0 Å². The van der Waals surface area contributed by atoms with Crippen molar-refractivity contribution in [1.29, 1.82) is 0 Å². The maximum absolute atomic E-state index is 12.7. The maximum atomic E-state index is 12.7. The fourth-order valence-electron chi connectivity index (χ4n) is 2.72. The van der Waals surface area contributed by atoms with Crippen molar-refractivity contribution in [3.8, 4) is 0 Å². The number of fused-ring (bicyclic) bond motifs is 1. The maximum Gasteiger partial charge on any atom is 0.323 e. The Labute approximate surface area is 127 Å². The van der Waals surface area contributed by atoms with Crippen molar-refractivity contribution in [1.82, 2.24) is 14.3 Å². The van der Waals surface area contributed by atoms with Crippen LogP contribution in [0.15, 0.2) is 30.7 Å². The number of rotatable bonds is 4. The van der Waals surface area contributed by atoms with Gasteiger partial charge < -0.3 is 19.1 Å². The van der Waals surface area contributed by atoms with Gasteiger partial charge in [0.25, 0.3) is 5.91 Å². The number of hydrogen-bond acceptors (Lipinski definition) is 4. The van der Waals surface area contributed by atoms with E-state index in [1.165, 1.54) is 4.90 Å². The number of carbonyl (C=O) groups excluding carboxylic acids is 1. The lowest BCUT2D eigenvalue weighted by molar-refractivity contribution is -0.138. The van der Waals surface area contributed by atoms with Gasteiger partial charge >= 0.3 is 5.97 Å². The van der Waals surface area contributed by atoms with Gasteiger partial charge in [-0.2, -0.15) is 0 Å². The molecule has 3 rings (SSSR count). The summed E-state index contributed by atoms with van der Waals surface area (Å²) >= 11 is 0. The number of imidazole rings is 1. The predicted molar refractivity (Wildman–Crippen MR) is 77.7 cm³/mol. The van der Waals surface area contributed by atoms with E-state index in [-0.39, 0.29) is 18.5 Å². The van der Waals surface area contributed by atoms with Crippen LogP contribution in [0.4, 0.5) is 0 Å². The molecule has 2 aromatic heterocycles. The first-order chi connectivity index (χ1) is 10.6. The normalized spacial score (nSPS) is 15.8. The van der Waals surface area contributed by atoms with Gasteiger partial charge in [-0.15, -0.1) is 0 Å². The Bertz CT molecular complexity index is 691. The molecule has 1 saturated heterocycles. The van der Waals surface area contributed by atoms with Gasteiger partial charge in [-0.1, -0.05) is 0 Å². The van der Waals surface area contributed by atoms with Gasteiger partial charge in [0.05, 0.1) is 5.56 Å². The van der Waals surface area contributed by atoms with Crippen molar-refractivity contribution in [2.24, 2.45) is 0 Å². The highest BCUT2D eigenvalue weighted by molar-refractivity contribution is 5.96. The minimum atomic E-state index is -1.01. The zero-order valence-corrected chi connectivity index (χ0v) is 12.0. The van der Waals surface area contributed by atoms with E-state index < -0.39 is 5.97 Å². The zero-order chi connectivity index (χ0) is 15.5. The molecule has 7 heteroatoms. The summed E-state index contributed by atoms with van der Waals surface area (Å²) in [6, 6.07) is 3.32. The molecule has 0 unspecified atom stereocenters. The summed E-state index contributed by atoms with van der Waals surface area (Å²) in [6.45, 7) is 0.800. The van der Waals surface area contributed by atoms with Gasteiger partial charge in [-0.25, -0.2) is 4.98 Å². The molecular formula is C15H17N3O4. The van der Waals surface area contributed by atoms with E-state index in [1.807, 2.05) is 0 Å². The van der Waals surface area contributed by atoms with Crippen molar-refractivity contribution in [2.45, 2.75) is 18.9 Å². The first-order valence-electron chi connectivity index (χ1n) is 7.18. The quantitative estimate of drug-likeness (QED) is 0.912. The molecule has 3 heterocycles. The van der Waals surface area contributed by atoms with E-state index in [9.17, 15) is 9.59 Å². The standard InChI is InChI=1S/C15H17N3O4/c19-14(20)10-18(12-3-7-22-8-4-12)15(21)11-1-2-13-16-5-6-17(13)9-11/h1-2,5-6,9,12H,3-4,7-8,10H2,(H,19,20). The molecule has 0 aliphatic carbocycles. The van der Waals surface area contributed by atoms with Crippen LogP contribution in [0.2, 0.25) is 0 Å². The summed E-state index contributed by atoms with van der Waals surface area (Å²) in [6.07, 6.45) is 6.40. The van der Waals surface area contributed by atoms with Crippen LogP contribution in [0.3, 0.4) is 0 Å². The van der Waals surface area contributed by atoms with Gasteiger partial charge in [0, 0.05) is 37.8 Å². The zero-order valence-electron chi connectivity index (χ0n) is 12.0. The van der Waals surface area contributed by atoms with Crippen LogP contribution in [-0.4, -0.2) is 57.1 Å². The number of aromatic nitrogens is 2. The van der Waals surface area contributed by atoms with E-state index in [4.69, 9.17) is 9.84 Å². The van der Waals surface area contributed by atoms with Crippen LogP contribution < -0.4 is 0 Å². The van der Waals surface area contributed by atoms with Crippen molar-refractivity contribution in [2.75, 3.05) is 19.8 Å². The number of carboxylic acids is 1. The van der Waals surface area contributed by atoms with Crippen LogP contribution in [-0.2, 0) is 9.53 Å². The predicted octanol–water partition coefficient (Wildman–Crippen LogP) is 1.04. The lowest BCUT2D eigenvalue weighted by Crippen LogP contribution is -2.46. The topological polar surface area (TPSA) is 84.1 Å². The molecule has 1 amide bonds. The second-order valence-corrected chi connectivity index (χ2v) is 5.28. The smallest absolute Gasteiger partial charge is 0.323 e. The highest BCUT2D eigenvalue weighted by Gasteiger charge is 2.28. The van der Waals surface area contributed by atoms with Crippen molar-refractivity contribution >= 4 is 17.5 Å². The Morgan fingerprint density at radius 1 is 1.36 bits per heavy atom. The van der Waals surface area contributed by atoms with Crippen molar-refractivity contribution in [3.63, 3.8) is 0 Å². The molecule has 0 bridgehead atoms. The number of ether oxygens (including phenoxy) is 1. The molecule has 0 saturated carbocycles. The minimum Gasteiger partial charge on any atom is -0.480 e. The van der Waals surface area contributed by atoms with Gasteiger partial charge in [-0.05, 0) is 25.0 Å². The average Bonchev–Trinajstić information content (AvgIpc) is 3.00. The van der Waals surface area contributed by atoms with Crippen molar-refractivity contribution in [3.05, 3.63) is 36.3 Å². The highest BCUT2D eigenvalue weighted by Crippen LogP contribution is 2.18. The Balaban J connectivity index is 1.87. The number of hydrogen-bond donors (Lipinski definition) is 1. The molecule has 1 N–H and O–H groups in total. The SMILES string of the molecule is O=C(O)CN(C(=O)c1ccc2nccn2c1)C1CCOCC1. The van der Waals surface area contributed by atoms with Gasteiger partial charge in [-0.3, -0.25) is 9.59 Å². The number of aliphatic carboxylic acids is 1. The third-order valence-electron chi connectivity index (χ3n) is 3.83. The molecule has 0 spiro atoms. The third-order valence-corrected chi connectivity index (χ3v) is 3.83. The van der Waals surface area contributed by atoms with Crippen LogP contribution in [0.25, 0.3) is 5.65 Å². The average molecular weight is 303 g/mol. The number of amides is 1. The molecule has 1 fully saturated rings. The van der Waals surface area contributed by atoms with Crippen LogP contribution in [0, 0.1) is 0 Å². The monoisotopic (exact) mass is 303 g/mol. The Kier molecular flexibility index (Phi) is 4.06. The van der Waals surface area contributed by atoms with Crippen LogP contribution >= 0.6 is 0 Å². The summed E-state index contributed by atoms with van der Waals surface area (Å²) in [5, 5.41) is 9.11. The molecular weight excluding hydrogens is 286 g/mol. The summed E-state index contributed by atoms with van der Waals surface area (Å²) in [5.41, 5.74) is 1.20. The van der Waals surface area contributed by atoms with E-state index in [0.29, 0.717) is 31.6 Å². The number of carbonyl (C=O) groups is 2. The van der Waals surface area contributed by atoms with Crippen LogP contribution in [0.1, 0.15) is 23.2 Å². The van der Waals surface area contributed by atoms with Crippen LogP contribution in [0.5, 0.6) is 0 Å². The Morgan fingerprint density at radius 3 is 2.86 bits per heavy atom. The molecule has 1 aliphatic heterocycles. The molecule has 2 aromatic rings. The van der Waals surface area contributed by atoms with E-state index in [0.717, 1.165) is 5.65 Å². The van der Waals surface area contributed by atoms with E-state index in [2.05, 4.69) is 4.98 Å². The van der Waals surface area contributed by atoms with Gasteiger partial charge in [0.2, 0.25) is 0 Å². The summed E-state index contributed by atoms with van der Waals surface area (Å²) < 4.78 is 7.04. The fraction of sp³-hybridized carbons (Fsp3) is 0.400. The number of pyridine rings is 1. The fourth-order valence-corrected chi connectivity index (χ4v) is 2.72. The Morgan fingerprint density at radius 2 is 2.14 bits per heavy atom. The van der Waals surface area contributed by atoms with E-state index in [1.54, 1.807) is 35.1 Å². The van der Waals surface area contributed by atoms with Crippen molar-refractivity contribution < 1.29 is 19.4 Å². The number of carboxylic acid groups (broad SMARTS) is 1. The minimum absolute atomic E-state index is 0.101. The Hall–Kier alpha value is -2.41. The second kappa shape index (κ2) is 6.15. The number of nitrogens with zero attached hydrogens (tertiary/aromatic N) is 3. The molecule has 0 radical (unpaired) electrons. The summed E-state index contributed by atoms with van der Waals surface area (Å²) in [4.78, 5) is 29.4. The lowest BCUT2D eigenvalue weighted by Gasteiger charge is -2.33. The summed E-state index contributed by atoms with van der Waals surface area (Å²) in [5.74, 6) is -1.28. The lowest BCUT2D eigenvalue weighted by atomic mass is 10.1. The summed E-state index contributed by atoms with van der Waals surface area (Å²) in [7, 11) is 0. The first kappa shape index (κ1) is 14.5. The highest BCUT2D eigenvalue weighted by atomic mass is 16.5. The second-order valence-electron chi connectivity index (χ2n) is 5.28. The third kappa shape index (κ3) is 2.94. The molecule has 0 aromatic carbocycles. The first-order valence-corrected chi connectivity index (χ1v) is 7.18. The molecule has 1 aliphatic rings. The molecule has 0 atom stereocenters. The van der Waals surface area contributed by atoms with Gasteiger partial charge in [0.1, 0.15) is 12.2 Å². The van der Waals surface area contributed by atoms with Gasteiger partial charge in [0.15, 0.2) is 0 Å². The molecule has 116 valence electrons. The largest absolute Gasteiger partial charge is 0.480 e.